The van der Waals surface area contributed by atoms with Gasteiger partial charge in [0.15, 0.2) is 9.84 Å². The van der Waals surface area contributed by atoms with Crippen LogP contribution in [-0.4, -0.2) is 90.1 Å². The molecule has 0 bridgehead atoms. The van der Waals surface area contributed by atoms with Crippen molar-refractivity contribution in [1.29, 1.82) is 0 Å². The van der Waals surface area contributed by atoms with E-state index in [9.17, 15) is 32.4 Å². The molecule has 13 heteroatoms. The highest BCUT2D eigenvalue weighted by Gasteiger charge is 2.70. The molecule has 1 unspecified atom stereocenters. The number of urea groups is 1. The monoisotopic (exact) mass is 771 g/mol. The highest BCUT2D eigenvalue weighted by molar-refractivity contribution is 7.92. The summed E-state index contributed by atoms with van der Waals surface area (Å²) in [6.07, 6.45) is 16.1. The molecule has 54 heavy (non-hydrogen) atoms. The summed E-state index contributed by atoms with van der Waals surface area (Å²) in [6, 6.07) is -3.42. The molecule has 1 heterocycles. The van der Waals surface area contributed by atoms with E-state index < -0.39 is 67.3 Å². The number of amides is 5. The van der Waals surface area contributed by atoms with Crippen LogP contribution in [0.15, 0.2) is 0 Å². The molecule has 5 fully saturated rings. The summed E-state index contributed by atoms with van der Waals surface area (Å²) < 4.78 is 26.4. The van der Waals surface area contributed by atoms with E-state index in [0.29, 0.717) is 45.1 Å². The fourth-order valence-electron chi connectivity index (χ4n) is 9.55. The zero-order chi connectivity index (χ0) is 39.7. The van der Waals surface area contributed by atoms with Crippen LogP contribution in [0, 0.1) is 40.9 Å². The fourth-order valence-corrected chi connectivity index (χ4v) is 11.5. The minimum atomic E-state index is -3.58. The smallest absolute Gasteiger partial charge is 0.315 e. The van der Waals surface area contributed by atoms with Gasteiger partial charge in [-0.15, -0.1) is 12.3 Å². The van der Waals surface area contributed by atoms with Crippen molar-refractivity contribution in [3.05, 3.63) is 0 Å². The zero-order valence-corrected chi connectivity index (χ0v) is 34.3. The van der Waals surface area contributed by atoms with Gasteiger partial charge in [0, 0.05) is 19.5 Å². The molecule has 5 amide bonds. The van der Waals surface area contributed by atoms with Gasteiger partial charge in [0.2, 0.25) is 17.6 Å². The molecule has 302 valence electrons. The molecule has 1 aliphatic heterocycles. The van der Waals surface area contributed by atoms with E-state index in [-0.39, 0.29) is 47.8 Å². The third-order valence-electron chi connectivity index (χ3n) is 14.0. The number of Topliss-reactive ketones (excluding diaryl/α,β-unsaturated/α-hetero) is 1. The van der Waals surface area contributed by atoms with Gasteiger partial charge in [0.05, 0.1) is 22.1 Å². The first-order valence-corrected chi connectivity index (χ1v) is 22.1. The van der Waals surface area contributed by atoms with Crippen molar-refractivity contribution >= 4 is 39.4 Å². The molecule has 0 aromatic carbocycles. The number of piperidine rings is 1. The molecule has 0 spiro atoms. The van der Waals surface area contributed by atoms with Crippen LogP contribution in [0.2, 0.25) is 0 Å². The molecule has 0 aromatic rings. The van der Waals surface area contributed by atoms with Crippen LogP contribution < -0.4 is 21.3 Å². The summed E-state index contributed by atoms with van der Waals surface area (Å²) in [5.41, 5.74) is -1.75. The number of terminal acetylenes is 1. The Labute approximate surface area is 323 Å². The molecule has 5 aliphatic rings. The quantitative estimate of drug-likeness (QED) is 0.102. The second kappa shape index (κ2) is 16.1. The number of hydrogen-bond donors (Lipinski definition) is 4. The van der Waals surface area contributed by atoms with E-state index in [2.05, 4.69) is 41.0 Å². The third-order valence-corrected chi connectivity index (χ3v) is 16.9. The number of ketones is 1. The summed E-state index contributed by atoms with van der Waals surface area (Å²) in [6.45, 7) is 12.0. The molecule has 12 nitrogen and oxygen atoms in total. The Morgan fingerprint density at radius 2 is 1.54 bits per heavy atom. The lowest BCUT2D eigenvalue weighted by molar-refractivity contribution is -0.146. The lowest BCUT2D eigenvalue weighted by atomic mass is 9.70. The van der Waals surface area contributed by atoms with Gasteiger partial charge < -0.3 is 26.2 Å². The molecule has 4 aliphatic carbocycles. The molecular weight excluding hydrogens is 707 g/mol. The fraction of sp³-hybridized carbons (Fsp3) is 0.829. The average Bonchev–Trinajstić information content (AvgIpc) is 3.97. The van der Waals surface area contributed by atoms with Crippen LogP contribution in [0.5, 0.6) is 0 Å². The molecule has 4 saturated carbocycles. The van der Waals surface area contributed by atoms with Gasteiger partial charge in [-0.2, -0.15) is 0 Å². The van der Waals surface area contributed by atoms with Gasteiger partial charge in [-0.1, -0.05) is 79.1 Å². The number of nitrogens with zero attached hydrogens (tertiary/aromatic N) is 1. The van der Waals surface area contributed by atoms with Gasteiger partial charge in [0.25, 0.3) is 5.91 Å². The van der Waals surface area contributed by atoms with E-state index in [1.54, 1.807) is 18.7 Å². The van der Waals surface area contributed by atoms with Gasteiger partial charge in [-0.25, -0.2) is 13.2 Å². The predicted molar refractivity (Wildman–Crippen MR) is 208 cm³/mol. The van der Waals surface area contributed by atoms with E-state index >= 15 is 0 Å². The van der Waals surface area contributed by atoms with Crippen LogP contribution in [0.1, 0.15) is 138 Å². The molecule has 5 atom stereocenters. The Kier molecular flexibility index (Phi) is 12.6. The molecule has 4 N–H and O–H groups in total. The number of rotatable bonds is 16. The normalized spacial score (nSPS) is 26.6. The molecule has 1 saturated heterocycles. The Hall–Kier alpha value is -3.14. The van der Waals surface area contributed by atoms with Crippen LogP contribution in [0.3, 0.4) is 0 Å². The number of likely N-dealkylation sites (tertiary alicyclic amines) is 1. The van der Waals surface area contributed by atoms with E-state index in [4.69, 9.17) is 6.42 Å². The topological polar surface area (TPSA) is 171 Å². The summed E-state index contributed by atoms with van der Waals surface area (Å²) >= 11 is 0. The number of nitrogens with one attached hydrogen (secondary N) is 4. The molecule has 0 aromatic heterocycles. The molecular formula is C41H65N5O7S. The van der Waals surface area contributed by atoms with Crippen molar-refractivity contribution in [2.24, 2.45) is 28.6 Å². The van der Waals surface area contributed by atoms with Crippen molar-refractivity contribution in [2.45, 2.75) is 166 Å². The van der Waals surface area contributed by atoms with Gasteiger partial charge in [-0.05, 0) is 81.0 Å². The first kappa shape index (κ1) is 42.0. The SMILES string of the molecule is C#CCCNC(=O)C(=O)C(CC1CC1)NC(=O)[C@@H]1[C@@H]2[C@H](CN1C(=O)[C@@H](NC(=O)NC1(CS(=O)(=O)C(C)(C)CC)CCCCC1)C1(C)CCCCC1)C2(C)C. The lowest BCUT2D eigenvalue weighted by Crippen LogP contribution is -2.65. The maximum absolute atomic E-state index is 15.0. The zero-order valence-electron chi connectivity index (χ0n) is 33.5. The summed E-state index contributed by atoms with van der Waals surface area (Å²) in [4.78, 5) is 71.3. The maximum atomic E-state index is 15.0. The van der Waals surface area contributed by atoms with Crippen LogP contribution in [0.4, 0.5) is 4.79 Å². The first-order valence-electron chi connectivity index (χ1n) is 20.5. The first-order chi connectivity index (χ1) is 25.3. The van der Waals surface area contributed by atoms with Gasteiger partial charge in [-0.3, -0.25) is 19.2 Å². The number of carbonyl (C=O) groups is 5. The van der Waals surface area contributed by atoms with Crippen molar-refractivity contribution < 1.29 is 32.4 Å². The summed E-state index contributed by atoms with van der Waals surface area (Å²) in [5, 5.41) is 11.6. The van der Waals surface area contributed by atoms with Crippen LogP contribution in [-0.2, 0) is 29.0 Å². The predicted octanol–water partition coefficient (Wildman–Crippen LogP) is 4.41. The van der Waals surface area contributed by atoms with E-state index in [0.717, 1.165) is 51.4 Å². The van der Waals surface area contributed by atoms with E-state index in [1.807, 2.05) is 13.8 Å². The maximum Gasteiger partial charge on any atom is 0.315 e. The number of fused-ring (bicyclic) bond motifs is 1. The molecule has 5 rings (SSSR count). The number of hydrogen-bond acceptors (Lipinski definition) is 7. The summed E-state index contributed by atoms with van der Waals surface area (Å²) in [7, 11) is -3.58. The minimum absolute atomic E-state index is 0.0631. The standard InChI is InChI=1S/C41H65N5O7S/c1-8-10-23-42-35(49)32(47)29(24-27-17-18-27)43-34(48)31-30-28(39(30,5)6)25-46(31)36(50)33(40(7)19-13-11-14-20-40)44-37(51)45-41(21-15-12-16-22-41)26-54(52,53)38(3,4)9-2/h1,27-31,33H,9-26H2,2-7H3,(H,42,49)(H,43,48)(H2,44,45,51)/t28-,29?,30-,31-,33+/m0/s1. The summed E-state index contributed by atoms with van der Waals surface area (Å²) in [5.74, 6) is 0.109. The van der Waals surface area contributed by atoms with Gasteiger partial charge >= 0.3 is 6.03 Å². The van der Waals surface area contributed by atoms with Crippen molar-refractivity contribution in [1.82, 2.24) is 26.2 Å². The highest BCUT2D eigenvalue weighted by Crippen LogP contribution is 2.65. The lowest BCUT2D eigenvalue weighted by Gasteiger charge is -2.44. The van der Waals surface area contributed by atoms with Crippen molar-refractivity contribution in [2.75, 3.05) is 18.8 Å². The van der Waals surface area contributed by atoms with Crippen LogP contribution >= 0.6 is 0 Å². The van der Waals surface area contributed by atoms with Crippen molar-refractivity contribution in [3.63, 3.8) is 0 Å². The average molecular weight is 772 g/mol. The second-order valence-electron chi connectivity index (χ2n) is 18.7. The van der Waals surface area contributed by atoms with E-state index in [1.165, 1.54) is 0 Å². The highest BCUT2D eigenvalue weighted by atomic mass is 32.2. The Morgan fingerprint density at radius 3 is 2.11 bits per heavy atom. The third kappa shape index (κ3) is 8.94. The Balaban J connectivity index is 1.39. The van der Waals surface area contributed by atoms with Crippen LogP contribution in [0.25, 0.3) is 0 Å². The number of sulfone groups is 1. The van der Waals surface area contributed by atoms with Crippen molar-refractivity contribution in [3.8, 4) is 12.3 Å². The Morgan fingerprint density at radius 1 is 0.926 bits per heavy atom. The minimum Gasteiger partial charge on any atom is -0.348 e. The molecule has 0 radical (unpaired) electrons. The number of carbonyl (C=O) groups excluding carboxylic acids is 5. The largest absolute Gasteiger partial charge is 0.348 e. The second-order valence-corrected chi connectivity index (χ2v) is 21.3. The Bertz CT molecular complexity index is 1600. The van der Waals surface area contributed by atoms with Gasteiger partial charge in [0.1, 0.15) is 12.1 Å².